The lowest BCUT2D eigenvalue weighted by Gasteiger charge is -2.21. The monoisotopic (exact) mass is 1020 g/mol. The van der Waals surface area contributed by atoms with Crippen molar-refractivity contribution in [2.45, 2.75) is 205 Å². The number of hydrogen-bond acceptors (Lipinski definition) is 16. The van der Waals surface area contributed by atoms with Crippen molar-refractivity contribution in [2.24, 2.45) is 5.92 Å². The van der Waals surface area contributed by atoms with E-state index < -0.39 is 89.8 Å². The Morgan fingerprint density at radius 1 is 0.797 bits per heavy atom. The van der Waals surface area contributed by atoms with Crippen molar-refractivity contribution in [1.29, 1.82) is 0 Å². The van der Waals surface area contributed by atoms with E-state index in [1.54, 1.807) is 12.2 Å². The predicted molar refractivity (Wildman–Crippen MR) is 262 cm³/mol. The highest BCUT2D eigenvalue weighted by atomic mass is 31.3. The number of aliphatic hydroxyl groups is 3. The van der Waals surface area contributed by atoms with Crippen LogP contribution in [0.5, 0.6) is 0 Å². The van der Waals surface area contributed by atoms with E-state index in [1.165, 1.54) is 83.1 Å². The number of rotatable bonds is 40. The maximum atomic E-state index is 12.9. The molecule has 2 heterocycles. The average Bonchev–Trinajstić information content (AvgIpc) is 3.56. The van der Waals surface area contributed by atoms with Crippen LogP contribution < -0.4 is 11.4 Å². The molecule has 0 amide bonds. The highest BCUT2D eigenvalue weighted by molar-refractivity contribution is 7.61. The summed E-state index contributed by atoms with van der Waals surface area (Å²) in [6, 6.07) is 1.24. The number of aromatic nitrogens is 2. The Balaban J connectivity index is 1.86. The van der Waals surface area contributed by atoms with Crippen LogP contribution in [0.1, 0.15) is 175 Å². The number of hydrogen-bond donors (Lipinski definition) is 6. The normalized spacial score (nSPS) is 20.2. The van der Waals surface area contributed by atoms with Crippen LogP contribution in [0.4, 0.5) is 5.82 Å². The third-order valence-electron chi connectivity index (χ3n) is 11.3. The molecule has 3 unspecified atom stereocenters. The Kier molecular flexibility index (Phi) is 32.3. The van der Waals surface area contributed by atoms with Crippen LogP contribution in [0.15, 0.2) is 53.5 Å². The first-order valence-corrected chi connectivity index (χ1v) is 28.0. The van der Waals surface area contributed by atoms with Crippen LogP contribution in [0.3, 0.4) is 0 Å². The van der Waals surface area contributed by atoms with Gasteiger partial charge >= 0.3 is 33.3 Å². The van der Waals surface area contributed by atoms with Crippen LogP contribution in [0.2, 0.25) is 0 Å². The molecule has 8 atom stereocenters. The maximum Gasteiger partial charge on any atom is 0.481 e. The van der Waals surface area contributed by atoms with Gasteiger partial charge in [0.15, 0.2) is 12.3 Å². The molecule has 0 spiro atoms. The second-order valence-electron chi connectivity index (χ2n) is 18.0. The molecule has 2 rings (SSSR count). The highest BCUT2D eigenvalue weighted by Gasteiger charge is 2.46. The summed E-state index contributed by atoms with van der Waals surface area (Å²) in [7, 11) is -10.9. The molecule has 1 aliphatic heterocycles. The number of nitrogens with two attached hydrogens (primary N) is 1. The minimum Gasteiger partial charge on any atom is -0.462 e. The molecule has 0 aliphatic carbocycles. The molecule has 1 aromatic rings. The van der Waals surface area contributed by atoms with E-state index in [0.717, 1.165) is 55.2 Å². The van der Waals surface area contributed by atoms with Crippen molar-refractivity contribution < 1.29 is 71.4 Å². The van der Waals surface area contributed by atoms with Gasteiger partial charge in [0, 0.05) is 19.0 Å². The minimum atomic E-state index is -5.47. The van der Waals surface area contributed by atoms with E-state index in [0.29, 0.717) is 6.42 Å². The molecule has 396 valence electrons. The maximum absolute atomic E-state index is 12.9. The van der Waals surface area contributed by atoms with Crippen molar-refractivity contribution in [2.75, 3.05) is 25.6 Å². The van der Waals surface area contributed by atoms with Gasteiger partial charge in [-0.1, -0.05) is 154 Å². The van der Waals surface area contributed by atoms with E-state index in [2.05, 4.69) is 42.2 Å². The van der Waals surface area contributed by atoms with Crippen LogP contribution in [0.25, 0.3) is 0 Å². The lowest BCUT2D eigenvalue weighted by molar-refractivity contribution is -0.161. The van der Waals surface area contributed by atoms with Gasteiger partial charge in [-0.15, -0.1) is 0 Å². The minimum absolute atomic E-state index is 0.0886. The summed E-state index contributed by atoms with van der Waals surface area (Å²) in [6.45, 7) is 4.24. The zero-order valence-corrected chi connectivity index (χ0v) is 42.9. The van der Waals surface area contributed by atoms with Gasteiger partial charge in [0.1, 0.15) is 30.7 Å². The number of nitrogens with zero attached hydrogens (tertiary/aromatic N) is 2. The van der Waals surface area contributed by atoms with Crippen molar-refractivity contribution >= 4 is 33.4 Å². The molecular weight excluding hydrogens is 936 g/mol. The Bertz CT molecular complexity index is 1830. The van der Waals surface area contributed by atoms with E-state index in [4.69, 9.17) is 29.0 Å². The molecule has 1 saturated heterocycles. The summed E-state index contributed by atoms with van der Waals surface area (Å²) in [6.07, 6.45) is 25.6. The highest BCUT2D eigenvalue weighted by Crippen LogP contribution is 2.60. The van der Waals surface area contributed by atoms with Gasteiger partial charge in [0.25, 0.3) is 0 Å². The van der Waals surface area contributed by atoms with Crippen molar-refractivity contribution in [3.05, 3.63) is 59.2 Å². The summed E-state index contributed by atoms with van der Waals surface area (Å²) < 4.78 is 56.6. The summed E-state index contributed by atoms with van der Waals surface area (Å²) in [4.78, 5) is 61.8. The average molecular weight is 1020 g/mol. The quantitative estimate of drug-likeness (QED) is 0.0118. The third-order valence-corrected chi connectivity index (χ3v) is 13.9. The molecule has 0 aromatic carbocycles. The number of phosphoric acid groups is 2. The summed E-state index contributed by atoms with van der Waals surface area (Å²) in [5.41, 5.74) is 4.57. The van der Waals surface area contributed by atoms with E-state index in [9.17, 15) is 48.6 Å². The van der Waals surface area contributed by atoms with E-state index in [-0.39, 0.29) is 31.5 Å². The molecule has 69 heavy (non-hydrogen) atoms. The predicted octanol–water partition coefficient (Wildman–Crippen LogP) is 8.83. The summed E-state index contributed by atoms with van der Waals surface area (Å²) in [5, 5.41) is 31.3. The van der Waals surface area contributed by atoms with E-state index in [1.807, 2.05) is 12.2 Å². The Labute approximate surface area is 409 Å². The first-order valence-electron chi connectivity index (χ1n) is 25.0. The number of carbonyl (C=O) groups is 2. The number of phosphoric ester groups is 2. The number of ether oxygens (including phenoxy) is 3. The number of allylic oxidation sites excluding steroid dienone is 5. The molecular formula is C48H83N3O16P2. The number of anilines is 1. The van der Waals surface area contributed by atoms with Crippen molar-refractivity contribution in [3.8, 4) is 0 Å². The number of nitrogen functional groups attached to an aromatic ring is 1. The molecule has 1 fully saturated rings. The van der Waals surface area contributed by atoms with Crippen molar-refractivity contribution in [3.63, 3.8) is 0 Å². The van der Waals surface area contributed by atoms with Crippen LogP contribution in [0, 0.1) is 5.92 Å². The fraction of sp³-hybridized carbons (Fsp3) is 0.750. The third kappa shape index (κ3) is 29.8. The largest absolute Gasteiger partial charge is 0.481 e. The van der Waals surface area contributed by atoms with E-state index >= 15 is 0 Å². The van der Waals surface area contributed by atoms with Crippen molar-refractivity contribution in [1.82, 2.24) is 9.55 Å². The van der Waals surface area contributed by atoms with Crippen LogP contribution in [-0.2, 0) is 46.3 Å². The Morgan fingerprint density at radius 2 is 1.42 bits per heavy atom. The fourth-order valence-corrected chi connectivity index (χ4v) is 9.44. The zero-order chi connectivity index (χ0) is 50.9. The molecule has 0 radical (unpaired) electrons. The number of esters is 2. The molecule has 0 saturated carbocycles. The number of aliphatic hydroxyl groups excluding tert-OH is 3. The second-order valence-corrected chi connectivity index (χ2v) is 21.0. The fourth-order valence-electron chi connectivity index (χ4n) is 7.33. The molecule has 21 heteroatoms. The SMILES string of the molecule is CCCCCCCC/C=C/C/C=C/C=C/C(O)CCCC(=O)O[C@H](COC(=O)CCCCCCCCCCCCC(C)C)COP(=O)(O)OP(=O)(O)OC[C@H]1O[C@@H](n2ccc(N)nc2=O)[C@H](O)[C@@H]1O. The lowest BCUT2D eigenvalue weighted by Crippen LogP contribution is -2.36. The number of unbranched alkanes of at least 4 members (excludes halogenated alkanes) is 15. The second kappa shape index (κ2) is 35.9. The summed E-state index contributed by atoms with van der Waals surface area (Å²) in [5.74, 6) is -0.757. The molecule has 19 nitrogen and oxygen atoms in total. The zero-order valence-electron chi connectivity index (χ0n) is 41.1. The Hall–Kier alpha value is -3.06. The molecule has 1 aliphatic rings. The first-order chi connectivity index (χ1) is 32.9. The van der Waals surface area contributed by atoms with Gasteiger partial charge in [0.2, 0.25) is 0 Å². The summed E-state index contributed by atoms with van der Waals surface area (Å²) >= 11 is 0. The van der Waals surface area contributed by atoms with Gasteiger partial charge in [0.05, 0.1) is 19.3 Å². The topological polar surface area (TPSA) is 286 Å². The smallest absolute Gasteiger partial charge is 0.462 e. The van der Waals surface area contributed by atoms with Gasteiger partial charge < -0.3 is 45.1 Å². The first kappa shape index (κ1) is 62.1. The van der Waals surface area contributed by atoms with Gasteiger partial charge in [-0.25, -0.2) is 13.9 Å². The van der Waals surface area contributed by atoms with Crippen LogP contribution in [-0.4, -0.2) is 96.9 Å². The van der Waals surface area contributed by atoms with Gasteiger partial charge in [-0.05, 0) is 50.5 Å². The molecule has 1 aromatic heterocycles. The molecule has 0 bridgehead atoms. The Morgan fingerprint density at radius 3 is 2.09 bits per heavy atom. The van der Waals surface area contributed by atoms with Gasteiger partial charge in [-0.2, -0.15) is 9.29 Å². The lowest BCUT2D eigenvalue weighted by atomic mass is 10.0. The number of carbonyl (C=O) groups excluding carboxylic acids is 2. The standard InChI is InChI=1S/C48H83N3O16P2/c1-4-5-6-7-8-9-10-11-12-16-19-22-25-29-39(52)30-27-32-44(54)65-40(35-62-43(53)31-26-23-20-17-14-13-15-18-21-24-28-38(2)3)36-63-68(58,59)67-69(60,61)64-37-41-45(55)46(56)47(66-41)51-34-33-42(49)50-48(51)57/h11-12,19,22,25,29,33-34,38-41,45-47,52,55-56H,4-10,13-18,20-21,23-24,26-28,30-32,35-37H2,1-3H3,(H,58,59)(H,60,61)(H2,49,50,57)/b12-11+,22-19+,29-25+/t39?,40-,41-,45-,46-,47-/m1/s1. The van der Waals surface area contributed by atoms with Crippen LogP contribution >= 0.6 is 15.6 Å². The van der Waals surface area contributed by atoms with Gasteiger partial charge in [-0.3, -0.25) is 23.2 Å². The molecule has 7 N–H and O–H groups in total.